The Labute approximate surface area is 230 Å². The fraction of sp³-hybridized carbons (Fsp3) is 0.480. The van der Waals surface area contributed by atoms with Crippen LogP contribution in [0.2, 0.25) is 10.0 Å². The molecule has 1 aromatic carbocycles. The van der Waals surface area contributed by atoms with Gasteiger partial charge in [0.15, 0.2) is 0 Å². The zero-order valence-corrected chi connectivity index (χ0v) is 23.6. The summed E-state index contributed by atoms with van der Waals surface area (Å²) in [5.41, 5.74) is 7.86. The molecule has 9 nitrogen and oxygen atoms in total. The van der Waals surface area contributed by atoms with Gasteiger partial charge in [-0.1, -0.05) is 0 Å². The fourth-order valence-electron chi connectivity index (χ4n) is 5.78. The van der Waals surface area contributed by atoms with Crippen LogP contribution in [0.3, 0.4) is 0 Å². The zero-order chi connectivity index (χ0) is 25.7. The van der Waals surface area contributed by atoms with Gasteiger partial charge < -0.3 is 0 Å². The molecule has 1 saturated heterocycles. The summed E-state index contributed by atoms with van der Waals surface area (Å²) in [6.45, 7) is 1.69. The Morgan fingerprint density at radius 3 is 2.49 bits per heavy atom. The van der Waals surface area contributed by atoms with Gasteiger partial charge in [-0.2, -0.15) is 0 Å². The molecule has 1 amide bonds. The number of hydrogen-bond acceptors (Lipinski definition) is 7. The molecule has 1 unspecified atom stereocenters. The van der Waals surface area contributed by atoms with Crippen LogP contribution < -0.4 is 20.0 Å². The maximum atomic E-state index is 11.8. The van der Waals surface area contributed by atoms with Gasteiger partial charge in [-0.3, -0.25) is 0 Å². The molecule has 12 heteroatoms. The molecule has 1 aliphatic heterocycles. The third-order valence-corrected chi connectivity index (χ3v) is 11.9. The molecule has 1 spiro atoms. The molecule has 2 aromatic heterocycles. The molecule has 37 heavy (non-hydrogen) atoms. The first-order valence-corrected chi connectivity index (χ1v) is 15.2. The summed E-state index contributed by atoms with van der Waals surface area (Å²) in [7, 11) is 0. The van der Waals surface area contributed by atoms with Crippen molar-refractivity contribution in [3.8, 4) is 6.07 Å². The van der Waals surface area contributed by atoms with E-state index < -0.39 is 15.8 Å². The number of amides is 1. The first-order valence-electron chi connectivity index (χ1n) is 12.4. The number of benzene rings is 1. The number of primary amides is 1. The fourth-order valence-corrected chi connectivity index (χ4v) is 9.26. The summed E-state index contributed by atoms with van der Waals surface area (Å²) in [6.07, 6.45) is 7.00. The van der Waals surface area contributed by atoms with E-state index in [1.54, 1.807) is 18.3 Å². The van der Waals surface area contributed by atoms with E-state index >= 15 is 0 Å². The Hall–Kier alpha value is -2.37. The van der Waals surface area contributed by atoms with Crippen LogP contribution in [0, 0.1) is 22.7 Å². The number of anilines is 1. The second-order valence-corrected chi connectivity index (χ2v) is 13.7. The molecule has 6 rings (SSSR count). The number of nitriles is 1. The van der Waals surface area contributed by atoms with E-state index in [2.05, 4.69) is 20.9 Å². The van der Waals surface area contributed by atoms with Crippen molar-refractivity contribution >= 4 is 70.9 Å². The average Bonchev–Trinajstić information content (AvgIpc) is 3.19. The Bertz CT molecular complexity index is 1400. The van der Waals surface area contributed by atoms with Crippen molar-refractivity contribution in [2.45, 2.75) is 50.6 Å². The summed E-state index contributed by atoms with van der Waals surface area (Å²) in [4.78, 5) is 26.2. The first-order chi connectivity index (χ1) is 17.8. The Balaban J connectivity index is 1.34. The molecule has 3 N–H and O–H groups in total. The van der Waals surface area contributed by atoms with Gasteiger partial charge in [0.05, 0.1) is 0 Å². The standard InChI is InChI=1S/C25H26AsCl2N7O2/c27-17-5-13(9-29)6-18(28)20(17)26-23-33-19-10-31-24(32-15-7-25(8-15)11-37-12-25)34-22(19)35(23)16-3-1-14(2-4-16)21(30)36/h5-6,10,14-16,26H,1-4,7-8,11-12H2,(H2,30,36)(H,31,32,34)/t14-,16-. The molecular weight excluding hydrogens is 576 g/mol. The minimum atomic E-state index is -1.07. The number of hydrogen-bond donors (Lipinski definition) is 2. The van der Waals surface area contributed by atoms with Crippen LogP contribution in [-0.4, -0.2) is 60.4 Å². The molecule has 192 valence electrons. The van der Waals surface area contributed by atoms with Crippen molar-refractivity contribution < 1.29 is 9.53 Å². The molecule has 3 aromatic rings. The van der Waals surface area contributed by atoms with Gasteiger partial charge in [0.1, 0.15) is 0 Å². The summed E-state index contributed by atoms with van der Waals surface area (Å²) >= 11 is 12.0. The quantitative estimate of drug-likeness (QED) is 0.414. The molecule has 2 saturated carbocycles. The second kappa shape index (κ2) is 9.74. The monoisotopic (exact) mass is 601 g/mol. The van der Waals surface area contributed by atoms with E-state index in [1.807, 2.05) is 0 Å². The number of aromatic nitrogens is 4. The van der Waals surface area contributed by atoms with E-state index in [0.29, 0.717) is 33.0 Å². The minimum absolute atomic E-state index is 0.0961. The number of rotatable bonds is 6. The van der Waals surface area contributed by atoms with Crippen molar-refractivity contribution in [2.75, 3.05) is 18.5 Å². The Morgan fingerprint density at radius 2 is 1.89 bits per heavy atom. The molecule has 0 radical (unpaired) electrons. The maximum absolute atomic E-state index is 11.8. The molecule has 1 atom stereocenters. The zero-order valence-electron chi connectivity index (χ0n) is 20.0. The summed E-state index contributed by atoms with van der Waals surface area (Å²) < 4.78 is 9.33. The molecule has 3 fully saturated rings. The average molecular weight is 602 g/mol. The van der Waals surface area contributed by atoms with E-state index in [9.17, 15) is 10.1 Å². The second-order valence-electron chi connectivity index (χ2n) is 10.4. The summed E-state index contributed by atoms with van der Waals surface area (Å²) in [5, 5.41) is 13.7. The molecule has 0 bridgehead atoms. The van der Waals surface area contributed by atoms with E-state index in [4.69, 9.17) is 43.6 Å². The van der Waals surface area contributed by atoms with Gasteiger partial charge >= 0.3 is 231 Å². The van der Waals surface area contributed by atoms with Crippen LogP contribution in [0.1, 0.15) is 50.1 Å². The molecule has 2 aliphatic carbocycles. The normalized spacial score (nSPS) is 23.2. The Kier molecular flexibility index (Phi) is 6.56. The summed E-state index contributed by atoms with van der Waals surface area (Å²) in [6, 6.07) is 5.87. The van der Waals surface area contributed by atoms with Crippen molar-refractivity contribution in [1.29, 1.82) is 5.26 Å². The summed E-state index contributed by atoms with van der Waals surface area (Å²) in [5.74, 6) is 0.268. The predicted octanol–water partition coefficient (Wildman–Crippen LogP) is 2.20. The molecule has 3 heterocycles. The first kappa shape index (κ1) is 24.9. The number of halogens is 2. The van der Waals surface area contributed by atoms with Crippen LogP contribution in [0.4, 0.5) is 5.95 Å². The number of nitrogens with zero attached hydrogens (tertiary/aromatic N) is 5. The van der Waals surface area contributed by atoms with Crippen LogP contribution in [0.5, 0.6) is 0 Å². The van der Waals surface area contributed by atoms with Gasteiger partial charge in [0, 0.05) is 0 Å². The van der Waals surface area contributed by atoms with Gasteiger partial charge in [-0.15, -0.1) is 0 Å². The number of carbonyl (C=O) groups excluding carboxylic acids is 1. The third kappa shape index (κ3) is 4.70. The van der Waals surface area contributed by atoms with Crippen molar-refractivity contribution in [3.63, 3.8) is 0 Å². The van der Waals surface area contributed by atoms with E-state index in [0.717, 1.165) is 71.9 Å². The number of imidazole rings is 1. The Morgan fingerprint density at radius 1 is 1.19 bits per heavy atom. The number of ether oxygens (including phenoxy) is 1. The SMILES string of the molecule is N#Cc1cc(Cl)c([AsH]c2nc3cnc(NC4CC5(COC5)C4)nc3n2[C@H]2CC[C@H](C(N)=O)CC2)c(Cl)c1. The van der Waals surface area contributed by atoms with Gasteiger partial charge in [0.25, 0.3) is 0 Å². The van der Waals surface area contributed by atoms with E-state index in [1.165, 1.54) is 0 Å². The number of carbonyl (C=O) groups is 1. The number of fused-ring (bicyclic) bond motifs is 1. The number of nitrogens with one attached hydrogen (secondary N) is 1. The van der Waals surface area contributed by atoms with Gasteiger partial charge in [0.2, 0.25) is 0 Å². The van der Waals surface area contributed by atoms with Gasteiger partial charge in [-0.25, -0.2) is 0 Å². The number of nitrogens with two attached hydrogens (primary N) is 1. The third-order valence-electron chi connectivity index (χ3n) is 7.81. The van der Waals surface area contributed by atoms with Crippen molar-refractivity contribution in [3.05, 3.63) is 33.9 Å². The van der Waals surface area contributed by atoms with Crippen molar-refractivity contribution in [1.82, 2.24) is 19.5 Å². The predicted molar refractivity (Wildman–Crippen MR) is 143 cm³/mol. The molecule has 3 aliphatic rings. The van der Waals surface area contributed by atoms with Crippen LogP contribution in [-0.2, 0) is 9.53 Å². The van der Waals surface area contributed by atoms with Crippen LogP contribution in [0.15, 0.2) is 18.3 Å². The van der Waals surface area contributed by atoms with E-state index in [-0.39, 0.29) is 17.9 Å². The van der Waals surface area contributed by atoms with Crippen LogP contribution >= 0.6 is 23.2 Å². The topological polar surface area (TPSA) is 132 Å². The van der Waals surface area contributed by atoms with Crippen LogP contribution in [0.25, 0.3) is 11.2 Å². The molecular formula is C25H26AsCl2N7O2. The van der Waals surface area contributed by atoms with Gasteiger partial charge in [-0.05, 0) is 0 Å². The van der Waals surface area contributed by atoms with Crippen molar-refractivity contribution in [2.24, 2.45) is 17.1 Å².